The smallest absolute Gasteiger partial charge is 0.331 e. The van der Waals surface area contributed by atoms with Crippen LogP contribution in [0.4, 0.5) is 4.79 Å². The van der Waals surface area contributed by atoms with Gasteiger partial charge in [0.15, 0.2) is 6.04 Å². The van der Waals surface area contributed by atoms with Crippen LogP contribution in [-0.4, -0.2) is 35.6 Å². The van der Waals surface area contributed by atoms with E-state index in [-0.39, 0.29) is 18.0 Å². The van der Waals surface area contributed by atoms with Gasteiger partial charge < -0.3 is 15.3 Å². The zero-order chi connectivity index (χ0) is 15.1. The first-order valence-electron chi connectivity index (χ1n) is 5.83. The van der Waals surface area contributed by atoms with Gasteiger partial charge in [-0.3, -0.25) is 0 Å². The molecule has 0 radical (unpaired) electrons. The Morgan fingerprint density at radius 2 is 2.15 bits per heavy atom. The van der Waals surface area contributed by atoms with Crippen LogP contribution in [0.5, 0.6) is 0 Å². The summed E-state index contributed by atoms with van der Waals surface area (Å²) in [6, 6.07) is 6.51. The van der Waals surface area contributed by atoms with E-state index in [0.717, 1.165) is 0 Å². The molecule has 20 heavy (non-hydrogen) atoms. The molecule has 2 amide bonds. The standard InChI is InChI=1S/C13H14ClN3O3/c1-17(8-4-7-15)13(20)16-11(12(18)19)9-5-2-3-6-10(9)14/h2-3,5-6,11H,4,8H2,1H3,(H,16,20)(H,18,19)/t11-/m1/s1. The van der Waals surface area contributed by atoms with Crippen molar-refractivity contribution in [2.45, 2.75) is 12.5 Å². The number of halogens is 1. The first-order valence-corrected chi connectivity index (χ1v) is 6.21. The Kier molecular flexibility index (Phi) is 5.81. The summed E-state index contributed by atoms with van der Waals surface area (Å²) >= 11 is 5.94. The Balaban J connectivity index is 2.84. The molecule has 1 rings (SSSR count). The molecule has 1 atom stereocenters. The second-order valence-corrected chi connectivity index (χ2v) is 4.48. The first-order chi connectivity index (χ1) is 9.47. The maximum absolute atomic E-state index is 11.8. The van der Waals surface area contributed by atoms with Crippen molar-refractivity contribution in [3.63, 3.8) is 0 Å². The molecule has 7 heteroatoms. The third-order valence-electron chi connectivity index (χ3n) is 2.64. The highest BCUT2D eigenvalue weighted by Gasteiger charge is 2.25. The summed E-state index contributed by atoms with van der Waals surface area (Å²) in [5.74, 6) is -1.21. The van der Waals surface area contributed by atoms with Crippen LogP contribution < -0.4 is 5.32 Å². The monoisotopic (exact) mass is 295 g/mol. The number of hydrogen-bond acceptors (Lipinski definition) is 3. The fourth-order valence-corrected chi connectivity index (χ4v) is 1.78. The normalized spacial score (nSPS) is 11.2. The summed E-state index contributed by atoms with van der Waals surface area (Å²) in [5.41, 5.74) is 0.309. The van der Waals surface area contributed by atoms with E-state index in [1.54, 1.807) is 18.2 Å². The van der Waals surface area contributed by atoms with Gasteiger partial charge in [0.1, 0.15) is 0 Å². The molecule has 0 aliphatic heterocycles. The van der Waals surface area contributed by atoms with E-state index in [1.807, 2.05) is 6.07 Å². The number of carboxylic acids is 1. The lowest BCUT2D eigenvalue weighted by Crippen LogP contribution is -2.42. The van der Waals surface area contributed by atoms with E-state index in [0.29, 0.717) is 5.56 Å². The van der Waals surface area contributed by atoms with E-state index in [9.17, 15) is 14.7 Å². The molecule has 1 aromatic rings. The van der Waals surface area contributed by atoms with Crippen LogP contribution in [0.3, 0.4) is 0 Å². The lowest BCUT2D eigenvalue weighted by Gasteiger charge is -2.21. The van der Waals surface area contributed by atoms with Crippen molar-refractivity contribution in [1.29, 1.82) is 5.26 Å². The van der Waals surface area contributed by atoms with E-state index in [1.165, 1.54) is 18.0 Å². The number of nitrogens with zero attached hydrogens (tertiary/aromatic N) is 2. The predicted octanol–water partition coefficient (Wildman–Crippen LogP) is 2.02. The molecule has 2 N–H and O–H groups in total. The maximum atomic E-state index is 11.8. The van der Waals surface area contributed by atoms with Crippen LogP contribution in [0.1, 0.15) is 18.0 Å². The first kappa shape index (κ1) is 15.8. The summed E-state index contributed by atoms with van der Waals surface area (Å²) < 4.78 is 0. The van der Waals surface area contributed by atoms with Crippen molar-refractivity contribution in [3.8, 4) is 6.07 Å². The van der Waals surface area contributed by atoms with Crippen molar-refractivity contribution in [3.05, 3.63) is 34.9 Å². The molecule has 0 spiro atoms. The maximum Gasteiger partial charge on any atom is 0.331 e. The summed E-state index contributed by atoms with van der Waals surface area (Å²) in [7, 11) is 1.48. The van der Waals surface area contributed by atoms with Crippen LogP contribution in [0.2, 0.25) is 5.02 Å². The summed E-state index contributed by atoms with van der Waals surface area (Å²) in [6.07, 6.45) is 0.174. The van der Waals surface area contributed by atoms with Crippen molar-refractivity contribution in [2.24, 2.45) is 0 Å². The fraction of sp³-hybridized carbons (Fsp3) is 0.308. The molecule has 0 aromatic heterocycles. The number of hydrogen-bond donors (Lipinski definition) is 2. The van der Waals surface area contributed by atoms with E-state index in [4.69, 9.17) is 16.9 Å². The second kappa shape index (κ2) is 7.36. The minimum atomic E-state index is -1.24. The van der Waals surface area contributed by atoms with Crippen molar-refractivity contribution in [1.82, 2.24) is 10.2 Å². The van der Waals surface area contributed by atoms with Gasteiger partial charge in [0.05, 0.1) is 12.5 Å². The summed E-state index contributed by atoms with van der Waals surface area (Å²) in [5, 5.41) is 20.3. The quantitative estimate of drug-likeness (QED) is 0.869. The molecule has 106 valence electrons. The topological polar surface area (TPSA) is 93.4 Å². The van der Waals surface area contributed by atoms with Gasteiger partial charge in [0, 0.05) is 24.2 Å². The molecule has 1 aromatic carbocycles. The van der Waals surface area contributed by atoms with Gasteiger partial charge in [-0.15, -0.1) is 0 Å². The molecule has 0 saturated carbocycles. The van der Waals surface area contributed by atoms with Crippen molar-refractivity contribution >= 4 is 23.6 Å². The van der Waals surface area contributed by atoms with Crippen LogP contribution in [0.25, 0.3) is 0 Å². The van der Waals surface area contributed by atoms with Gasteiger partial charge in [0.25, 0.3) is 0 Å². The molecule has 0 saturated heterocycles. The highest BCUT2D eigenvalue weighted by Crippen LogP contribution is 2.23. The number of benzene rings is 1. The molecule has 0 unspecified atom stereocenters. The summed E-state index contributed by atoms with van der Waals surface area (Å²) in [6.45, 7) is 0.219. The van der Waals surface area contributed by atoms with Gasteiger partial charge in [-0.1, -0.05) is 29.8 Å². The lowest BCUT2D eigenvalue weighted by molar-refractivity contribution is -0.139. The number of amides is 2. The van der Waals surface area contributed by atoms with Gasteiger partial charge in [-0.05, 0) is 6.07 Å². The Labute approximate surface area is 121 Å². The fourth-order valence-electron chi connectivity index (χ4n) is 1.53. The Bertz CT molecular complexity index is 542. The number of carbonyl (C=O) groups excluding carboxylic acids is 1. The zero-order valence-electron chi connectivity index (χ0n) is 10.8. The van der Waals surface area contributed by atoms with Crippen LogP contribution in [0, 0.1) is 11.3 Å². The van der Waals surface area contributed by atoms with Crippen molar-refractivity contribution < 1.29 is 14.7 Å². The van der Waals surface area contributed by atoms with E-state index in [2.05, 4.69) is 5.32 Å². The van der Waals surface area contributed by atoms with Gasteiger partial charge in [-0.2, -0.15) is 5.26 Å². The molecular weight excluding hydrogens is 282 g/mol. The number of urea groups is 1. The number of nitriles is 1. The molecule has 6 nitrogen and oxygen atoms in total. The molecule has 0 aliphatic rings. The SMILES string of the molecule is CN(CCC#N)C(=O)N[C@@H](C(=O)O)c1ccccc1Cl. The third kappa shape index (κ3) is 4.14. The Morgan fingerprint density at radius 1 is 1.50 bits per heavy atom. The highest BCUT2D eigenvalue weighted by atomic mass is 35.5. The molecule has 0 bridgehead atoms. The van der Waals surface area contributed by atoms with Gasteiger partial charge in [0.2, 0.25) is 0 Å². The van der Waals surface area contributed by atoms with Crippen LogP contribution in [0.15, 0.2) is 24.3 Å². The molecule has 0 aliphatic carbocycles. The van der Waals surface area contributed by atoms with Gasteiger partial charge in [-0.25, -0.2) is 9.59 Å². The number of rotatable bonds is 5. The highest BCUT2D eigenvalue weighted by molar-refractivity contribution is 6.31. The number of carboxylic acid groups (broad SMARTS) is 1. The van der Waals surface area contributed by atoms with E-state index >= 15 is 0 Å². The number of carbonyl (C=O) groups is 2. The van der Waals surface area contributed by atoms with Gasteiger partial charge >= 0.3 is 12.0 Å². The number of aliphatic carboxylic acids is 1. The zero-order valence-corrected chi connectivity index (χ0v) is 11.6. The minimum Gasteiger partial charge on any atom is -0.479 e. The predicted molar refractivity (Wildman–Crippen MR) is 73.2 cm³/mol. The lowest BCUT2D eigenvalue weighted by atomic mass is 10.1. The summed E-state index contributed by atoms with van der Waals surface area (Å²) in [4.78, 5) is 24.4. The van der Waals surface area contributed by atoms with Crippen molar-refractivity contribution in [2.75, 3.05) is 13.6 Å². The van der Waals surface area contributed by atoms with Crippen LogP contribution >= 0.6 is 11.6 Å². The minimum absolute atomic E-state index is 0.174. The second-order valence-electron chi connectivity index (χ2n) is 4.07. The van der Waals surface area contributed by atoms with E-state index < -0.39 is 18.0 Å². The third-order valence-corrected chi connectivity index (χ3v) is 2.98. The number of nitrogens with one attached hydrogen (secondary N) is 1. The Hall–Kier alpha value is -2.26. The molecule has 0 fully saturated rings. The largest absolute Gasteiger partial charge is 0.479 e. The molecular formula is C13H14ClN3O3. The Morgan fingerprint density at radius 3 is 2.70 bits per heavy atom. The molecule has 0 heterocycles. The average Bonchev–Trinajstić information content (AvgIpc) is 2.42. The average molecular weight is 296 g/mol. The van der Waals surface area contributed by atoms with Crippen LogP contribution in [-0.2, 0) is 4.79 Å².